The smallest absolute Gasteiger partial charge is 0.264 e. The highest BCUT2D eigenvalue weighted by Gasteiger charge is 2.45. The number of nitrogens with zero attached hydrogens (tertiary/aromatic N) is 4. The first-order valence-corrected chi connectivity index (χ1v) is 19.5. The van der Waals surface area contributed by atoms with Crippen molar-refractivity contribution in [3.8, 4) is 5.75 Å². The van der Waals surface area contributed by atoms with Crippen molar-refractivity contribution < 1.29 is 33.4 Å². The number of piperidine rings is 2. The van der Waals surface area contributed by atoms with Crippen LogP contribution in [0.3, 0.4) is 0 Å². The van der Waals surface area contributed by atoms with Gasteiger partial charge >= 0.3 is 0 Å². The van der Waals surface area contributed by atoms with Gasteiger partial charge in [-0.3, -0.25) is 29.4 Å². The fourth-order valence-corrected chi connectivity index (χ4v) is 7.31. The molecule has 0 aliphatic carbocycles. The number of aromatic nitrogens is 2. The molecule has 0 saturated carbocycles. The first-order valence-electron chi connectivity index (χ1n) is 19.1. The third-order valence-electron chi connectivity index (χ3n) is 10.1. The van der Waals surface area contributed by atoms with Crippen molar-refractivity contribution in [1.29, 1.82) is 0 Å². The maximum atomic E-state index is 13.3. The van der Waals surface area contributed by atoms with Gasteiger partial charge in [0.25, 0.3) is 11.8 Å². The van der Waals surface area contributed by atoms with E-state index < -0.39 is 29.7 Å². The summed E-state index contributed by atoms with van der Waals surface area (Å²) in [5.41, 5.74) is 5.16. The minimum absolute atomic E-state index is 0.0237. The van der Waals surface area contributed by atoms with E-state index in [4.69, 9.17) is 25.9 Å². The number of allylic oxidation sites excluding steroid dienone is 2. The summed E-state index contributed by atoms with van der Waals surface area (Å²) in [7, 11) is 0. The van der Waals surface area contributed by atoms with Crippen LogP contribution < -0.4 is 26.0 Å². The Hall–Kier alpha value is -5.38. The molecule has 0 radical (unpaired) electrons. The molecule has 2 saturated heterocycles. The largest absolute Gasteiger partial charge is 0.489 e. The van der Waals surface area contributed by atoms with Gasteiger partial charge in [0, 0.05) is 30.9 Å². The van der Waals surface area contributed by atoms with Gasteiger partial charge in [-0.15, -0.1) is 0 Å². The number of aryl methyl sites for hydroxylation is 1. The lowest BCUT2D eigenvalue weighted by Crippen LogP contribution is -2.54. The first-order chi connectivity index (χ1) is 27.4. The molecule has 3 aliphatic heterocycles. The van der Waals surface area contributed by atoms with Crippen LogP contribution in [0.1, 0.15) is 91.1 Å². The zero-order valence-corrected chi connectivity index (χ0v) is 33.8. The molecule has 1 unspecified atom stereocenters. The van der Waals surface area contributed by atoms with Gasteiger partial charge in [-0.25, -0.2) is 4.98 Å². The third kappa shape index (κ3) is 10.3. The average Bonchev–Trinajstić information content (AvgIpc) is 3.45. The molecule has 2 fully saturated rings. The third-order valence-corrected chi connectivity index (χ3v) is 10.4. The predicted molar refractivity (Wildman–Crippen MR) is 218 cm³/mol. The summed E-state index contributed by atoms with van der Waals surface area (Å²) in [6.07, 6.45) is 5.70. The van der Waals surface area contributed by atoms with E-state index in [1.54, 1.807) is 24.4 Å². The fraction of sp³-hybridized carbons (Fsp3) is 0.439. The van der Waals surface area contributed by atoms with Gasteiger partial charge in [0.2, 0.25) is 17.8 Å². The van der Waals surface area contributed by atoms with Gasteiger partial charge in [0.05, 0.1) is 42.3 Å². The number of rotatable bonds is 15. The summed E-state index contributed by atoms with van der Waals surface area (Å²) < 4.78 is 12.2. The number of anilines is 4. The molecule has 4 amide bonds. The highest BCUT2D eigenvalue weighted by Crippen LogP contribution is 2.38. The number of likely N-dealkylation sites (tertiary alicyclic amines) is 1. The number of benzene rings is 2. The van der Waals surface area contributed by atoms with Crippen LogP contribution in [0.4, 0.5) is 23.1 Å². The minimum Gasteiger partial charge on any atom is -0.489 e. The monoisotopic (exact) mass is 802 g/mol. The van der Waals surface area contributed by atoms with Crippen molar-refractivity contribution in [2.75, 3.05) is 55.3 Å². The lowest BCUT2D eigenvalue weighted by atomic mass is 9.86. The Labute approximate surface area is 337 Å². The molecule has 4 N–H and O–H groups in total. The second kappa shape index (κ2) is 19.7. The Morgan fingerprint density at radius 1 is 1.07 bits per heavy atom. The van der Waals surface area contributed by atoms with E-state index in [1.807, 2.05) is 40.6 Å². The molecule has 2 aromatic carbocycles. The number of nitrogens with one attached hydrogen (secondary N) is 4. The molecule has 16 heteroatoms. The molecule has 57 heavy (non-hydrogen) atoms. The number of hydrogen-bond acceptors (Lipinski definition) is 13. The van der Waals surface area contributed by atoms with Gasteiger partial charge in [-0.2, -0.15) is 4.98 Å². The Morgan fingerprint density at radius 2 is 1.82 bits per heavy atom. The van der Waals surface area contributed by atoms with E-state index in [0.717, 1.165) is 54.5 Å². The van der Waals surface area contributed by atoms with E-state index in [2.05, 4.69) is 55.2 Å². The maximum Gasteiger partial charge on any atom is 0.264 e. The molecule has 3 aromatic rings. The number of ether oxygens (including phenoxy) is 2. The van der Waals surface area contributed by atoms with E-state index >= 15 is 0 Å². The Morgan fingerprint density at radius 3 is 2.53 bits per heavy atom. The molecule has 304 valence electrons. The summed E-state index contributed by atoms with van der Waals surface area (Å²) in [6.45, 7) is 16.1. The van der Waals surface area contributed by atoms with Crippen LogP contribution >= 0.6 is 11.6 Å². The van der Waals surface area contributed by atoms with Crippen LogP contribution in [0.5, 0.6) is 5.75 Å². The van der Waals surface area contributed by atoms with Crippen LogP contribution in [0.2, 0.25) is 5.02 Å². The van der Waals surface area contributed by atoms with Crippen molar-refractivity contribution in [2.45, 2.75) is 78.4 Å². The van der Waals surface area contributed by atoms with E-state index in [9.17, 15) is 19.2 Å². The maximum absolute atomic E-state index is 13.3. The SMILES string of the molecule is C/C=C(\C)Nc1nc(Nc2cc(C)c(C3CCN(CCOCCNc4cccc5c4C(=O)N(C4CCC(=O)NC4=O)C5=O)CC3)cc2OC(C)C)ncc1Cl.C=O. The van der Waals surface area contributed by atoms with Crippen LogP contribution in [-0.4, -0.2) is 102 Å². The zero-order valence-electron chi connectivity index (χ0n) is 33.1. The van der Waals surface area contributed by atoms with Gasteiger partial charge < -0.3 is 35.1 Å². The Bertz CT molecular complexity index is 2000. The molecule has 3 aliphatic rings. The standard InChI is InChI=1S/C40H49ClN8O6.CH2O/c1-6-25(5)44-36-29(41)22-43-40(47-36)45-31-20-24(4)28(21-33(31)55-23(2)3)26-12-15-48(16-13-26)17-19-54-18-14-42-30-9-7-8-27-35(30)39(53)49(38(27)52)32-10-11-34(50)46-37(32)51;1-2/h6-9,20-23,26,32,42H,10-19H2,1-5H3,(H,46,50,51)(H2,43,44,45,47);1H2/b25-6+;. The van der Waals surface area contributed by atoms with E-state index in [0.29, 0.717) is 48.2 Å². The number of carbonyl (C=O) groups excluding carboxylic acids is 5. The van der Waals surface area contributed by atoms with Crippen molar-refractivity contribution in [3.05, 3.63) is 75.6 Å². The molecule has 1 atom stereocenters. The summed E-state index contributed by atoms with van der Waals surface area (Å²) in [5.74, 6) is -0.0232. The topological polar surface area (TPSA) is 184 Å². The first kappa shape index (κ1) is 42.8. The molecular formula is C41H51ClN8O7. The number of halogens is 1. The van der Waals surface area contributed by atoms with E-state index in [-0.39, 0.29) is 30.1 Å². The number of imide groups is 2. The number of carbonyl (C=O) groups is 5. The van der Waals surface area contributed by atoms with Crippen molar-refractivity contribution in [2.24, 2.45) is 0 Å². The molecule has 4 heterocycles. The lowest BCUT2D eigenvalue weighted by Gasteiger charge is -2.33. The second-order valence-corrected chi connectivity index (χ2v) is 14.7. The minimum atomic E-state index is -1.00. The highest BCUT2D eigenvalue weighted by atomic mass is 35.5. The molecule has 15 nitrogen and oxygen atoms in total. The van der Waals surface area contributed by atoms with Gasteiger partial charge in [0.1, 0.15) is 23.6 Å². The summed E-state index contributed by atoms with van der Waals surface area (Å²) in [6, 6.07) is 8.28. The fourth-order valence-electron chi connectivity index (χ4n) is 7.17. The van der Waals surface area contributed by atoms with Gasteiger partial charge in [-0.05, 0) is 108 Å². The molecule has 1 aromatic heterocycles. The number of amides is 4. The van der Waals surface area contributed by atoms with Crippen molar-refractivity contribution >= 4 is 65.2 Å². The second-order valence-electron chi connectivity index (χ2n) is 14.3. The Balaban J connectivity index is 0.00000305. The highest BCUT2D eigenvalue weighted by molar-refractivity contribution is 6.32. The quantitative estimate of drug-likeness (QED) is 0.106. The van der Waals surface area contributed by atoms with Gasteiger partial charge in [0.15, 0.2) is 5.82 Å². The van der Waals surface area contributed by atoms with Crippen LogP contribution in [-0.2, 0) is 19.1 Å². The summed E-state index contributed by atoms with van der Waals surface area (Å²) in [4.78, 5) is 70.8. The zero-order chi connectivity index (χ0) is 41.2. The molecular weight excluding hydrogens is 752 g/mol. The molecule has 0 spiro atoms. The van der Waals surface area contributed by atoms with Crippen molar-refractivity contribution in [3.63, 3.8) is 0 Å². The number of hydrogen-bond donors (Lipinski definition) is 4. The summed E-state index contributed by atoms with van der Waals surface area (Å²) >= 11 is 6.35. The average molecular weight is 803 g/mol. The van der Waals surface area contributed by atoms with Gasteiger partial charge in [-0.1, -0.05) is 23.7 Å². The van der Waals surface area contributed by atoms with E-state index in [1.165, 1.54) is 11.1 Å². The van der Waals surface area contributed by atoms with Crippen LogP contribution in [0.15, 0.2) is 48.3 Å². The predicted octanol–water partition coefficient (Wildman–Crippen LogP) is 5.83. The normalized spacial score (nSPS) is 17.6. The van der Waals surface area contributed by atoms with Crippen molar-refractivity contribution in [1.82, 2.24) is 25.1 Å². The van der Waals surface area contributed by atoms with Crippen LogP contribution in [0.25, 0.3) is 0 Å². The molecule has 0 bridgehead atoms. The lowest BCUT2D eigenvalue weighted by molar-refractivity contribution is -0.136. The summed E-state index contributed by atoms with van der Waals surface area (Å²) in [5, 5.41) is 12.4. The number of fused-ring (bicyclic) bond motifs is 1. The molecule has 6 rings (SSSR count). The Kier molecular flexibility index (Phi) is 14.7. The van der Waals surface area contributed by atoms with Crippen LogP contribution in [0, 0.1) is 6.92 Å².